The molecule has 160 valence electrons. The molecule has 3 atom stereocenters. The molecule has 3 N–H and O–H groups in total. The van der Waals surface area contributed by atoms with E-state index in [0.717, 1.165) is 29.3 Å². The average Bonchev–Trinajstić information content (AvgIpc) is 2.68. The van der Waals surface area contributed by atoms with Crippen LogP contribution in [0.15, 0.2) is 30.3 Å². The van der Waals surface area contributed by atoms with Crippen molar-refractivity contribution in [2.45, 2.75) is 19.4 Å². The summed E-state index contributed by atoms with van der Waals surface area (Å²) in [6.07, 6.45) is 1.05. The van der Waals surface area contributed by atoms with Gasteiger partial charge < -0.3 is 5.73 Å². The molecule has 10 heteroatoms. The second-order valence-corrected chi connectivity index (χ2v) is 8.64. The lowest BCUT2D eigenvalue weighted by Gasteiger charge is -2.41. The number of nitrogens with zero attached hydrogens (tertiary/aromatic N) is 1. The monoisotopic (exact) mass is 457 g/mol. The molecule has 3 rings (SSSR count). The molecule has 1 heterocycles. The number of nitrogens with one attached hydrogen (secondary N) is 1. The number of amides is 1. The molecular weight excluding hydrogens is 437 g/mol. The summed E-state index contributed by atoms with van der Waals surface area (Å²) in [5, 5.41) is 1.47. The third kappa shape index (κ3) is 4.63. The van der Waals surface area contributed by atoms with Crippen LogP contribution in [-0.2, 0) is 4.79 Å². The van der Waals surface area contributed by atoms with E-state index in [1.54, 1.807) is 0 Å². The van der Waals surface area contributed by atoms with Gasteiger partial charge in [0.2, 0.25) is 5.91 Å². The fourth-order valence-electron chi connectivity index (χ4n) is 3.62. The third-order valence-corrected chi connectivity index (χ3v) is 6.86. The third-order valence-electron chi connectivity index (χ3n) is 4.94. The number of carbonyl (C=O) groups excluding carboxylic acids is 1. The predicted molar refractivity (Wildman–Crippen MR) is 113 cm³/mol. The average molecular weight is 457 g/mol. The normalized spacial score (nSPS) is 18.7. The summed E-state index contributed by atoms with van der Waals surface area (Å²) in [6, 6.07) is 4.02. The Kier molecular flexibility index (Phi) is 7.06. The highest BCUT2D eigenvalue weighted by Gasteiger charge is 2.37. The summed E-state index contributed by atoms with van der Waals surface area (Å²) in [5.74, 6) is -3.60. The maximum absolute atomic E-state index is 14.4. The van der Waals surface area contributed by atoms with Crippen LogP contribution in [0.4, 0.5) is 17.6 Å². The number of fused-ring (bicyclic) bond motifs is 1. The number of thiocarbonyl (C=S) groups is 1. The zero-order chi connectivity index (χ0) is 22.0. The highest BCUT2D eigenvalue weighted by molar-refractivity contribution is 7.80. The molecule has 0 fully saturated rings. The van der Waals surface area contributed by atoms with E-state index in [0.29, 0.717) is 30.0 Å². The van der Waals surface area contributed by atoms with Gasteiger partial charge in [0.05, 0.1) is 6.04 Å². The van der Waals surface area contributed by atoms with Crippen molar-refractivity contribution >= 4 is 37.0 Å². The molecule has 1 amide bonds. The van der Waals surface area contributed by atoms with Crippen LogP contribution < -0.4 is 16.5 Å². The largest absolute Gasteiger partial charge is 0.330 e. The summed E-state index contributed by atoms with van der Waals surface area (Å²) >= 11 is 5.20. The first-order valence-corrected chi connectivity index (χ1v) is 10.8. The highest BCUT2D eigenvalue weighted by atomic mass is 32.1. The van der Waals surface area contributed by atoms with Crippen LogP contribution in [0.25, 0.3) is 0 Å². The van der Waals surface area contributed by atoms with Crippen LogP contribution >= 0.6 is 20.8 Å². The molecule has 3 unspecified atom stereocenters. The Morgan fingerprint density at radius 1 is 1.20 bits per heavy atom. The topological polar surface area (TPSA) is 58.4 Å². The summed E-state index contributed by atoms with van der Waals surface area (Å²) in [4.78, 5) is 12.3. The maximum atomic E-state index is 14.4. The fraction of sp³-hybridized carbons (Fsp3) is 0.300. The van der Waals surface area contributed by atoms with Gasteiger partial charge in [-0.15, -0.1) is 0 Å². The highest BCUT2D eigenvalue weighted by Crippen LogP contribution is 2.40. The number of benzene rings is 2. The standard InChI is InChI=1S/C20H20F4N3OPS/c1-10(28)27(26-20(30)14-6-12(21)2-3-16(14)23)18-11(4-5-25)9-29-19-15(18)7-13(22)8-17(19)24/h2-3,6-8,11,18,29H,4-5,9,25H2,1H3,(H,26,30). The van der Waals surface area contributed by atoms with Crippen molar-refractivity contribution in [2.75, 3.05) is 12.7 Å². The zero-order valence-corrected chi connectivity index (χ0v) is 17.8. The van der Waals surface area contributed by atoms with Crippen molar-refractivity contribution in [3.63, 3.8) is 0 Å². The maximum Gasteiger partial charge on any atom is 0.238 e. The lowest BCUT2D eigenvalue weighted by Crippen LogP contribution is -2.51. The van der Waals surface area contributed by atoms with Crippen molar-refractivity contribution < 1.29 is 22.4 Å². The lowest BCUT2D eigenvalue weighted by atomic mass is 9.90. The molecule has 0 radical (unpaired) electrons. The summed E-state index contributed by atoms with van der Waals surface area (Å²) < 4.78 is 56.2. The summed E-state index contributed by atoms with van der Waals surface area (Å²) in [6.45, 7) is 1.57. The minimum Gasteiger partial charge on any atom is -0.330 e. The van der Waals surface area contributed by atoms with Gasteiger partial charge in [0.1, 0.15) is 28.3 Å². The molecule has 1 aliphatic rings. The number of rotatable bonds is 4. The van der Waals surface area contributed by atoms with Gasteiger partial charge in [0.15, 0.2) is 0 Å². The molecule has 0 saturated carbocycles. The van der Waals surface area contributed by atoms with E-state index in [1.165, 1.54) is 13.0 Å². The molecule has 1 aliphatic heterocycles. The van der Waals surface area contributed by atoms with E-state index in [1.807, 2.05) is 0 Å². The van der Waals surface area contributed by atoms with Crippen LogP contribution in [0.2, 0.25) is 0 Å². The molecule has 0 aromatic heterocycles. The Morgan fingerprint density at radius 3 is 2.60 bits per heavy atom. The van der Waals surface area contributed by atoms with Gasteiger partial charge in [-0.05, 0) is 54.9 Å². The van der Waals surface area contributed by atoms with Gasteiger partial charge in [-0.3, -0.25) is 10.2 Å². The quantitative estimate of drug-likeness (QED) is 0.320. The second-order valence-electron chi connectivity index (χ2n) is 6.97. The Bertz CT molecular complexity index is 991. The van der Waals surface area contributed by atoms with Crippen molar-refractivity contribution in [2.24, 2.45) is 11.7 Å². The number of hydrogen-bond donors (Lipinski definition) is 2. The molecular formula is C20H20F4N3OPS. The number of hydrogen-bond acceptors (Lipinski definition) is 3. The number of hydrazine groups is 1. The van der Waals surface area contributed by atoms with Crippen LogP contribution in [0, 0.1) is 29.2 Å². The SMILES string of the molecule is CC(=O)N(NC(=S)c1cc(F)ccc1F)C1c2cc(F)cc(F)c2PCC1CCN. The van der Waals surface area contributed by atoms with Crippen molar-refractivity contribution in [1.29, 1.82) is 0 Å². The first kappa shape index (κ1) is 22.6. The molecule has 0 saturated heterocycles. The first-order chi connectivity index (χ1) is 14.2. The van der Waals surface area contributed by atoms with Crippen molar-refractivity contribution in [3.05, 3.63) is 64.7 Å². The van der Waals surface area contributed by atoms with Gasteiger partial charge in [0.25, 0.3) is 0 Å². The van der Waals surface area contributed by atoms with Crippen LogP contribution in [0.3, 0.4) is 0 Å². The van der Waals surface area contributed by atoms with Gasteiger partial charge in [-0.2, -0.15) is 0 Å². The fourth-order valence-corrected chi connectivity index (χ4v) is 5.43. The van der Waals surface area contributed by atoms with Crippen LogP contribution in [0.5, 0.6) is 0 Å². The molecule has 4 nitrogen and oxygen atoms in total. The molecule has 0 aliphatic carbocycles. The number of carbonyl (C=O) groups is 1. The molecule has 2 aromatic rings. The molecule has 0 spiro atoms. The Balaban J connectivity index is 2.04. The van der Waals surface area contributed by atoms with Gasteiger partial charge in [-0.1, -0.05) is 20.8 Å². The Morgan fingerprint density at radius 2 is 1.93 bits per heavy atom. The smallest absolute Gasteiger partial charge is 0.238 e. The molecule has 30 heavy (non-hydrogen) atoms. The van der Waals surface area contributed by atoms with E-state index < -0.39 is 35.2 Å². The van der Waals surface area contributed by atoms with Gasteiger partial charge >= 0.3 is 0 Å². The zero-order valence-electron chi connectivity index (χ0n) is 16.0. The number of halogens is 4. The van der Waals surface area contributed by atoms with E-state index in [4.69, 9.17) is 18.0 Å². The lowest BCUT2D eigenvalue weighted by molar-refractivity contribution is -0.134. The van der Waals surface area contributed by atoms with E-state index in [-0.39, 0.29) is 25.1 Å². The predicted octanol–water partition coefficient (Wildman–Crippen LogP) is 3.30. The Labute approximate surface area is 178 Å². The van der Waals surface area contributed by atoms with Crippen LogP contribution in [-0.4, -0.2) is 28.6 Å². The summed E-state index contributed by atoms with van der Waals surface area (Å²) in [5.41, 5.74) is 8.48. The van der Waals surface area contributed by atoms with E-state index in [9.17, 15) is 22.4 Å². The number of nitrogens with two attached hydrogens (primary N) is 1. The van der Waals surface area contributed by atoms with Crippen molar-refractivity contribution in [1.82, 2.24) is 10.4 Å². The second kappa shape index (κ2) is 9.37. The van der Waals surface area contributed by atoms with Gasteiger partial charge in [0, 0.05) is 23.9 Å². The molecule has 2 aromatic carbocycles. The summed E-state index contributed by atoms with van der Waals surface area (Å²) in [7, 11) is 0.0901. The molecule has 0 bridgehead atoms. The van der Waals surface area contributed by atoms with E-state index in [2.05, 4.69) is 5.43 Å². The van der Waals surface area contributed by atoms with Crippen molar-refractivity contribution in [3.8, 4) is 0 Å². The minimum absolute atomic E-state index is 0.0901. The van der Waals surface area contributed by atoms with Crippen LogP contribution in [0.1, 0.15) is 30.5 Å². The first-order valence-electron chi connectivity index (χ1n) is 9.21. The van der Waals surface area contributed by atoms with E-state index >= 15 is 0 Å². The van der Waals surface area contributed by atoms with Gasteiger partial charge in [-0.25, -0.2) is 22.6 Å². The Hall–Kier alpha value is -2.09. The minimum atomic E-state index is -0.776.